The Kier molecular flexibility index (Phi) is 4.57. The summed E-state index contributed by atoms with van der Waals surface area (Å²) in [6.45, 7) is 3.39. The summed E-state index contributed by atoms with van der Waals surface area (Å²) in [5.74, 6) is -0.196. The molecule has 0 radical (unpaired) electrons. The second kappa shape index (κ2) is 6.38. The highest BCUT2D eigenvalue weighted by Crippen LogP contribution is 2.16. The van der Waals surface area contributed by atoms with Gasteiger partial charge in [0.05, 0.1) is 12.3 Å². The van der Waals surface area contributed by atoms with Gasteiger partial charge in [0, 0.05) is 4.88 Å². The maximum Gasteiger partial charge on any atom is 0.348 e. The first kappa shape index (κ1) is 14.3. The zero-order valence-electron chi connectivity index (χ0n) is 11.2. The van der Waals surface area contributed by atoms with E-state index >= 15 is 0 Å². The molecule has 0 aromatic carbocycles. The fourth-order valence-corrected chi connectivity index (χ4v) is 2.40. The van der Waals surface area contributed by atoms with Crippen LogP contribution >= 0.6 is 11.3 Å². The van der Waals surface area contributed by atoms with Crippen molar-refractivity contribution < 1.29 is 18.7 Å². The van der Waals surface area contributed by atoms with Crippen LogP contribution in [-0.2, 0) is 9.53 Å². The smallest absolute Gasteiger partial charge is 0.348 e. The van der Waals surface area contributed by atoms with Crippen LogP contribution in [0.1, 0.15) is 33.3 Å². The number of thiophene rings is 1. The van der Waals surface area contributed by atoms with E-state index in [-0.39, 0.29) is 18.6 Å². The number of furan rings is 1. The monoisotopic (exact) mass is 293 g/mol. The van der Waals surface area contributed by atoms with E-state index in [1.165, 1.54) is 17.6 Å². The fraction of sp³-hybridized carbons (Fsp3) is 0.286. The van der Waals surface area contributed by atoms with Crippen LogP contribution in [0.25, 0.3) is 0 Å². The molecule has 0 saturated carbocycles. The number of esters is 1. The predicted octanol–water partition coefficient (Wildman–Crippen LogP) is 2.68. The normalized spacial score (nSPS) is 11.9. The highest BCUT2D eigenvalue weighted by Gasteiger charge is 2.15. The molecule has 106 valence electrons. The number of carbonyl (C=O) groups excluding carboxylic acids is 2. The first-order valence-corrected chi connectivity index (χ1v) is 6.94. The Morgan fingerprint density at radius 2 is 2.20 bits per heavy atom. The molecule has 1 N–H and O–H groups in total. The van der Waals surface area contributed by atoms with Crippen molar-refractivity contribution in [1.29, 1.82) is 0 Å². The molecule has 2 aromatic heterocycles. The lowest BCUT2D eigenvalue weighted by Gasteiger charge is -2.11. The molecule has 0 spiro atoms. The molecule has 0 aliphatic rings. The maximum atomic E-state index is 11.7. The van der Waals surface area contributed by atoms with E-state index in [9.17, 15) is 9.59 Å². The Labute approximate surface area is 120 Å². The number of ether oxygens (including phenoxy) is 1. The average Bonchev–Trinajstić information content (AvgIpc) is 3.06. The van der Waals surface area contributed by atoms with Crippen molar-refractivity contribution >= 4 is 23.2 Å². The van der Waals surface area contributed by atoms with Crippen molar-refractivity contribution in [3.05, 3.63) is 46.0 Å². The van der Waals surface area contributed by atoms with Crippen LogP contribution < -0.4 is 5.32 Å². The van der Waals surface area contributed by atoms with Gasteiger partial charge in [-0.25, -0.2) is 4.79 Å². The van der Waals surface area contributed by atoms with Crippen LogP contribution in [0.4, 0.5) is 0 Å². The van der Waals surface area contributed by atoms with Gasteiger partial charge >= 0.3 is 5.97 Å². The van der Waals surface area contributed by atoms with E-state index in [2.05, 4.69) is 5.32 Å². The quantitative estimate of drug-likeness (QED) is 0.861. The Hall–Kier alpha value is -2.08. The third kappa shape index (κ3) is 3.71. The van der Waals surface area contributed by atoms with Gasteiger partial charge in [-0.2, -0.15) is 0 Å². The predicted molar refractivity (Wildman–Crippen MR) is 74.6 cm³/mol. The highest BCUT2D eigenvalue weighted by molar-refractivity contribution is 7.13. The van der Waals surface area contributed by atoms with E-state index in [4.69, 9.17) is 9.15 Å². The summed E-state index contributed by atoms with van der Waals surface area (Å²) in [5, 5.41) is 2.69. The van der Waals surface area contributed by atoms with Crippen LogP contribution in [0.15, 0.2) is 34.9 Å². The molecule has 0 aliphatic heterocycles. The standard InChI is InChI=1S/C14H15NO4S/c1-9-5-6-12(20-9)14(17)19-8-13(16)15-10(2)11-4-3-7-18-11/h3-7,10H,8H2,1-2H3,(H,15,16)/t10-/m0/s1. The Morgan fingerprint density at radius 3 is 2.80 bits per heavy atom. The minimum atomic E-state index is -0.482. The molecule has 0 fully saturated rings. The fourth-order valence-electron chi connectivity index (χ4n) is 1.64. The van der Waals surface area contributed by atoms with Gasteiger partial charge in [0.25, 0.3) is 5.91 Å². The van der Waals surface area contributed by atoms with Crippen molar-refractivity contribution in [3.63, 3.8) is 0 Å². The number of aryl methyl sites for hydroxylation is 1. The van der Waals surface area contributed by atoms with Crippen LogP contribution in [-0.4, -0.2) is 18.5 Å². The van der Waals surface area contributed by atoms with Crippen LogP contribution in [0.3, 0.4) is 0 Å². The molecule has 1 amide bonds. The SMILES string of the molecule is Cc1ccc(C(=O)OCC(=O)N[C@@H](C)c2ccco2)s1. The molecule has 2 heterocycles. The van der Waals surface area contributed by atoms with Gasteiger partial charge in [-0.15, -0.1) is 11.3 Å². The summed E-state index contributed by atoms with van der Waals surface area (Å²) in [5.41, 5.74) is 0. The van der Waals surface area contributed by atoms with Gasteiger partial charge in [0.2, 0.25) is 0 Å². The molecular formula is C14H15NO4S. The molecule has 0 bridgehead atoms. The first-order valence-electron chi connectivity index (χ1n) is 6.12. The highest BCUT2D eigenvalue weighted by atomic mass is 32.1. The van der Waals surface area contributed by atoms with E-state index in [0.29, 0.717) is 10.6 Å². The third-order valence-corrected chi connectivity index (χ3v) is 3.60. The molecule has 5 nitrogen and oxygen atoms in total. The Bertz CT molecular complexity index is 588. The van der Waals surface area contributed by atoms with E-state index in [0.717, 1.165) is 4.88 Å². The number of carbonyl (C=O) groups is 2. The molecule has 0 aliphatic carbocycles. The number of rotatable bonds is 5. The summed E-state index contributed by atoms with van der Waals surface area (Å²) < 4.78 is 10.1. The number of amides is 1. The molecular weight excluding hydrogens is 278 g/mol. The van der Waals surface area contributed by atoms with E-state index in [1.54, 1.807) is 25.1 Å². The van der Waals surface area contributed by atoms with E-state index in [1.807, 2.05) is 13.0 Å². The van der Waals surface area contributed by atoms with Gasteiger partial charge < -0.3 is 14.5 Å². The maximum absolute atomic E-state index is 11.7. The summed E-state index contributed by atoms with van der Waals surface area (Å²) in [4.78, 5) is 24.8. The minimum absolute atomic E-state index is 0.264. The van der Waals surface area contributed by atoms with Crippen molar-refractivity contribution in [3.8, 4) is 0 Å². The van der Waals surface area contributed by atoms with Crippen LogP contribution in [0.5, 0.6) is 0 Å². The van der Waals surface area contributed by atoms with Crippen molar-refractivity contribution in [2.24, 2.45) is 0 Å². The zero-order chi connectivity index (χ0) is 14.5. The lowest BCUT2D eigenvalue weighted by Crippen LogP contribution is -2.30. The number of hydrogen-bond acceptors (Lipinski definition) is 5. The van der Waals surface area contributed by atoms with Crippen molar-refractivity contribution in [1.82, 2.24) is 5.32 Å². The van der Waals surface area contributed by atoms with Gasteiger partial charge in [-0.1, -0.05) is 0 Å². The van der Waals surface area contributed by atoms with Crippen LogP contribution in [0.2, 0.25) is 0 Å². The molecule has 2 aromatic rings. The minimum Gasteiger partial charge on any atom is -0.467 e. The summed E-state index contributed by atoms with van der Waals surface area (Å²) in [6.07, 6.45) is 1.54. The van der Waals surface area contributed by atoms with Gasteiger partial charge in [0.1, 0.15) is 10.6 Å². The number of hydrogen-bond donors (Lipinski definition) is 1. The second-order valence-corrected chi connectivity index (χ2v) is 5.58. The average molecular weight is 293 g/mol. The summed E-state index contributed by atoms with van der Waals surface area (Å²) in [6, 6.07) is 6.77. The lowest BCUT2D eigenvalue weighted by molar-refractivity contribution is -0.125. The molecule has 0 unspecified atom stereocenters. The van der Waals surface area contributed by atoms with Crippen LogP contribution in [0, 0.1) is 6.92 Å². The molecule has 20 heavy (non-hydrogen) atoms. The van der Waals surface area contributed by atoms with E-state index < -0.39 is 5.97 Å². The topological polar surface area (TPSA) is 68.5 Å². The molecule has 6 heteroatoms. The summed E-state index contributed by atoms with van der Waals surface area (Å²) in [7, 11) is 0. The van der Waals surface area contributed by atoms with Gasteiger partial charge in [-0.05, 0) is 38.1 Å². The lowest BCUT2D eigenvalue weighted by atomic mass is 10.2. The largest absolute Gasteiger partial charge is 0.467 e. The number of nitrogens with one attached hydrogen (secondary N) is 1. The molecule has 2 rings (SSSR count). The molecule has 1 atom stereocenters. The summed E-state index contributed by atoms with van der Waals surface area (Å²) >= 11 is 1.34. The zero-order valence-corrected chi connectivity index (χ0v) is 12.0. The Morgan fingerprint density at radius 1 is 1.40 bits per heavy atom. The Balaban J connectivity index is 1.79. The third-order valence-electron chi connectivity index (χ3n) is 2.62. The van der Waals surface area contributed by atoms with Crippen molar-refractivity contribution in [2.45, 2.75) is 19.9 Å². The first-order chi connectivity index (χ1) is 9.56. The van der Waals surface area contributed by atoms with Gasteiger partial charge in [-0.3, -0.25) is 4.79 Å². The second-order valence-electron chi connectivity index (χ2n) is 4.29. The molecule has 0 saturated heterocycles. The van der Waals surface area contributed by atoms with Crippen molar-refractivity contribution in [2.75, 3.05) is 6.61 Å². The van der Waals surface area contributed by atoms with Gasteiger partial charge in [0.15, 0.2) is 6.61 Å².